The Morgan fingerprint density at radius 1 is 1.06 bits per heavy atom. The number of carbonyl (C=O) groups is 1. The number of amides is 1. The van der Waals surface area contributed by atoms with Gasteiger partial charge >= 0.3 is 0 Å². The molecule has 1 aromatic heterocycles. The van der Waals surface area contributed by atoms with E-state index in [9.17, 15) is 21.6 Å². The number of hydrazine groups is 2. The number of nitrogen functional groups attached to an aromatic ring is 1. The highest BCUT2D eigenvalue weighted by Gasteiger charge is 2.39. The number of nitrogens with one attached hydrogen (secondary N) is 4. The molecule has 0 atom stereocenters. The Labute approximate surface area is 182 Å². The number of anilines is 1. The Balaban J connectivity index is 2.06. The van der Waals surface area contributed by atoms with Gasteiger partial charge in [0.1, 0.15) is 16.4 Å². The van der Waals surface area contributed by atoms with Crippen LogP contribution >= 0.6 is 0 Å². The van der Waals surface area contributed by atoms with E-state index < -0.39 is 40.8 Å². The fourth-order valence-electron chi connectivity index (χ4n) is 3.35. The van der Waals surface area contributed by atoms with Crippen molar-refractivity contribution in [2.75, 3.05) is 18.8 Å². The maximum absolute atomic E-state index is 13.1. The van der Waals surface area contributed by atoms with Gasteiger partial charge in [-0.2, -0.15) is 0 Å². The molecule has 32 heavy (non-hydrogen) atoms. The van der Waals surface area contributed by atoms with Crippen molar-refractivity contribution in [3.63, 3.8) is 0 Å². The molecule has 16 heteroatoms. The van der Waals surface area contributed by atoms with Crippen LogP contribution in [0.2, 0.25) is 0 Å². The smallest absolute Gasteiger partial charge is 0.267 e. The molecule has 1 fully saturated rings. The first-order valence-electron chi connectivity index (χ1n) is 9.07. The van der Waals surface area contributed by atoms with Crippen LogP contribution in [0.25, 0.3) is 11.1 Å². The first kappa shape index (κ1) is 21.9. The second-order valence-corrected chi connectivity index (χ2v) is 10.7. The average molecular weight is 482 g/mol. The lowest BCUT2D eigenvalue weighted by Crippen LogP contribution is -2.51. The molecule has 2 aliphatic heterocycles. The average Bonchev–Trinajstić information content (AvgIpc) is 3.18. The number of primary sulfonamides is 1. The Kier molecular flexibility index (Phi) is 5.25. The molecule has 4 rings (SSSR count). The van der Waals surface area contributed by atoms with Crippen molar-refractivity contribution in [3.05, 3.63) is 35.5 Å². The van der Waals surface area contributed by atoms with E-state index in [-0.39, 0.29) is 47.1 Å². The van der Waals surface area contributed by atoms with E-state index in [0.29, 0.717) is 0 Å². The van der Waals surface area contributed by atoms with Gasteiger partial charge in [0, 0.05) is 24.2 Å². The van der Waals surface area contributed by atoms with E-state index in [1.807, 2.05) is 0 Å². The van der Waals surface area contributed by atoms with Gasteiger partial charge in [-0.15, -0.1) is 10.6 Å². The topological polar surface area (TPSA) is 237 Å². The molecule has 2 aliphatic rings. The number of pyridine rings is 1. The molecule has 170 valence electrons. The van der Waals surface area contributed by atoms with Gasteiger partial charge in [-0.1, -0.05) is 6.07 Å². The van der Waals surface area contributed by atoms with Crippen LogP contribution in [0.15, 0.2) is 39.2 Å². The van der Waals surface area contributed by atoms with Crippen molar-refractivity contribution >= 4 is 37.4 Å². The Bertz CT molecular complexity index is 1370. The molecule has 0 spiro atoms. The molecule has 1 saturated heterocycles. The number of hydrazone groups is 1. The zero-order chi connectivity index (χ0) is 23.3. The van der Waals surface area contributed by atoms with Crippen LogP contribution in [0.1, 0.15) is 16.1 Å². The van der Waals surface area contributed by atoms with Gasteiger partial charge in [0.05, 0.1) is 10.1 Å². The third kappa shape index (κ3) is 3.63. The van der Waals surface area contributed by atoms with E-state index in [4.69, 9.17) is 16.6 Å². The van der Waals surface area contributed by atoms with E-state index >= 15 is 0 Å². The van der Waals surface area contributed by atoms with Crippen molar-refractivity contribution in [1.29, 1.82) is 0 Å². The molecule has 0 aliphatic carbocycles. The minimum atomic E-state index is -4.58. The first-order valence-corrected chi connectivity index (χ1v) is 12.2. The maximum Gasteiger partial charge on any atom is 0.267 e. The highest BCUT2D eigenvalue weighted by Crippen LogP contribution is 2.37. The third-order valence-electron chi connectivity index (χ3n) is 5.00. The standard InChI is InChI=1S/C16H19N9O5S2/c17-14-9(1-3-10(21-14)15(18)26)8-2-4-11(31(27,28)7-5-20-6-7)13(32(19,29)30)12(8)16-22-24-25-23-16/h1-4,7,20,24-25H,5-6H2,(H2,17,21)(H2,18,26)(H,22,23)(H2,19,29,30). The third-order valence-corrected chi connectivity index (χ3v) is 8.29. The van der Waals surface area contributed by atoms with Gasteiger partial charge < -0.3 is 16.8 Å². The van der Waals surface area contributed by atoms with E-state index in [1.54, 1.807) is 0 Å². The van der Waals surface area contributed by atoms with Crippen LogP contribution in [-0.4, -0.2) is 51.9 Å². The van der Waals surface area contributed by atoms with Gasteiger partial charge in [-0.05, 0) is 23.8 Å². The predicted octanol–water partition coefficient (Wildman–Crippen LogP) is -2.90. The summed E-state index contributed by atoms with van der Waals surface area (Å²) in [4.78, 5) is 14.2. The highest BCUT2D eigenvalue weighted by molar-refractivity contribution is 7.94. The molecule has 0 bridgehead atoms. The number of sulfonamides is 1. The number of amidine groups is 1. The Morgan fingerprint density at radius 3 is 2.25 bits per heavy atom. The highest BCUT2D eigenvalue weighted by atomic mass is 32.2. The summed E-state index contributed by atoms with van der Waals surface area (Å²) in [5, 5.41) is 11.5. The Morgan fingerprint density at radius 2 is 1.75 bits per heavy atom. The van der Waals surface area contributed by atoms with Crippen molar-refractivity contribution in [2.24, 2.45) is 16.0 Å². The molecule has 0 unspecified atom stereocenters. The molecular weight excluding hydrogens is 462 g/mol. The number of hydrogen-bond acceptors (Lipinski definition) is 12. The van der Waals surface area contributed by atoms with Gasteiger partial charge in [-0.3, -0.25) is 10.2 Å². The molecule has 1 amide bonds. The number of sulfone groups is 1. The number of nitrogens with zero attached hydrogens (tertiary/aromatic N) is 2. The fourth-order valence-corrected chi connectivity index (χ4v) is 6.54. The number of hydrogen-bond donors (Lipinski definition) is 7. The lowest BCUT2D eigenvalue weighted by molar-refractivity contribution is 0.0995. The number of rotatable bonds is 6. The van der Waals surface area contributed by atoms with Crippen molar-refractivity contribution < 1.29 is 21.6 Å². The first-order chi connectivity index (χ1) is 15.0. The molecule has 14 nitrogen and oxygen atoms in total. The van der Waals surface area contributed by atoms with Crippen LogP contribution in [0, 0.1) is 0 Å². The molecule has 0 radical (unpaired) electrons. The lowest BCUT2D eigenvalue weighted by Gasteiger charge is -2.28. The summed E-state index contributed by atoms with van der Waals surface area (Å²) >= 11 is 0. The summed E-state index contributed by atoms with van der Waals surface area (Å²) in [5.41, 5.74) is 18.8. The largest absolute Gasteiger partial charge is 0.383 e. The summed E-state index contributed by atoms with van der Waals surface area (Å²) in [5.74, 6) is -0.994. The second-order valence-electron chi connectivity index (χ2n) is 7.00. The normalized spacial score (nSPS) is 16.6. The van der Waals surface area contributed by atoms with Crippen LogP contribution in [0.4, 0.5) is 5.82 Å². The fraction of sp³-hybridized carbons (Fsp3) is 0.188. The Hall–Kier alpha value is -3.31. The molecule has 2 aromatic rings. The van der Waals surface area contributed by atoms with Crippen molar-refractivity contribution in [1.82, 2.24) is 26.8 Å². The minimum Gasteiger partial charge on any atom is -0.383 e. The number of aromatic nitrogens is 1. The van der Waals surface area contributed by atoms with Crippen molar-refractivity contribution in [3.8, 4) is 11.1 Å². The van der Waals surface area contributed by atoms with Gasteiger partial charge in [0.25, 0.3) is 5.91 Å². The SMILES string of the molecule is NC(=O)c1ccc(-c2ccc(S(=O)(=O)C3CNC3)c(S(N)(=O)=O)c2C2=NNNN2)c(N)n1. The zero-order valence-electron chi connectivity index (χ0n) is 16.3. The van der Waals surface area contributed by atoms with Gasteiger partial charge in [0.2, 0.25) is 10.0 Å². The maximum atomic E-state index is 13.1. The van der Waals surface area contributed by atoms with E-state index in [1.165, 1.54) is 18.2 Å². The number of carbonyl (C=O) groups excluding carboxylic acids is 1. The molecular formula is C16H19N9O5S2. The lowest BCUT2D eigenvalue weighted by atomic mass is 9.99. The van der Waals surface area contributed by atoms with Crippen LogP contribution in [0.3, 0.4) is 0 Å². The minimum absolute atomic E-state index is 0.0498. The summed E-state index contributed by atoms with van der Waals surface area (Å²) in [7, 11) is -8.63. The molecule has 3 heterocycles. The van der Waals surface area contributed by atoms with Gasteiger partial charge in [0.15, 0.2) is 15.7 Å². The summed E-state index contributed by atoms with van der Waals surface area (Å²) < 4.78 is 51.7. The predicted molar refractivity (Wildman–Crippen MR) is 114 cm³/mol. The summed E-state index contributed by atoms with van der Waals surface area (Å²) in [6, 6.07) is 5.25. The number of nitrogens with two attached hydrogens (primary N) is 3. The van der Waals surface area contributed by atoms with E-state index in [2.05, 4.69) is 31.9 Å². The molecule has 10 N–H and O–H groups in total. The van der Waals surface area contributed by atoms with Crippen LogP contribution < -0.4 is 38.4 Å². The van der Waals surface area contributed by atoms with E-state index in [0.717, 1.165) is 6.07 Å². The number of benzene rings is 1. The van der Waals surface area contributed by atoms with Gasteiger partial charge in [-0.25, -0.2) is 32.5 Å². The zero-order valence-corrected chi connectivity index (χ0v) is 17.9. The monoisotopic (exact) mass is 481 g/mol. The second kappa shape index (κ2) is 7.68. The van der Waals surface area contributed by atoms with Crippen LogP contribution in [0.5, 0.6) is 0 Å². The summed E-state index contributed by atoms with van der Waals surface area (Å²) in [6.45, 7) is 0.356. The quantitative estimate of drug-likeness (QED) is 0.221. The van der Waals surface area contributed by atoms with Crippen LogP contribution in [-0.2, 0) is 19.9 Å². The number of primary amides is 1. The summed E-state index contributed by atoms with van der Waals surface area (Å²) in [6.07, 6.45) is 0. The molecule has 0 saturated carbocycles. The van der Waals surface area contributed by atoms with Crippen molar-refractivity contribution in [2.45, 2.75) is 15.0 Å². The molecule has 1 aromatic carbocycles.